The maximum atomic E-state index is 4.86. The van der Waals surface area contributed by atoms with Crippen LogP contribution < -0.4 is 26.2 Å². The maximum absolute atomic E-state index is 4.86. The number of hydrogen-bond donors (Lipinski definition) is 4. The first-order valence-corrected chi connectivity index (χ1v) is 16.1. The molecule has 5 rings (SSSR count). The molecule has 7 nitrogen and oxygen atoms in total. The van der Waals surface area contributed by atoms with Crippen LogP contribution in [0.2, 0.25) is 0 Å². The zero-order chi connectivity index (χ0) is 29.7. The third-order valence-corrected chi connectivity index (χ3v) is 8.49. The minimum Gasteiger partial charge on any atom is -0.362 e. The Kier molecular flexibility index (Phi) is 11.8. The summed E-state index contributed by atoms with van der Waals surface area (Å²) in [6.07, 6.45) is 8.17. The molecule has 1 unspecified atom stereocenters. The summed E-state index contributed by atoms with van der Waals surface area (Å²) in [7, 11) is 4.08. The lowest BCUT2D eigenvalue weighted by Gasteiger charge is -2.31. The predicted octanol–water partition coefficient (Wildman–Crippen LogP) is 6.13. The van der Waals surface area contributed by atoms with Crippen LogP contribution in [0.15, 0.2) is 84.9 Å². The fraction of sp³-hybridized carbons (Fsp3) is 0.444. The van der Waals surface area contributed by atoms with Gasteiger partial charge in [-0.25, -0.2) is 4.98 Å². The van der Waals surface area contributed by atoms with Crippen LogP contribution in [0.1, 0.15) is 56.1 Å². The van der Waals surface area contributed by atoms with E-state index in [1.807, 2.05) is 26.2 Å². The highest BCUT2D eigenvalue weighted by molar-refractivity contribution is 5.90. The molecular weight excluding hydrogens is 530 g/mol. The van der Waals surface area contributed by atoms with Crippen LogP contribution in [0.3, 0.4) is 0 Å². The lowest BCUT2D eigenvalue weighted by molar-refractivity contribution is 0.328. The predicted molar refractivity (Wildman–Crippen MR) is 181 cm³/mol. The Hall–Kier alpha value is -3.52. The van der Waals surface area contributed by atoms with Gasteiger partial charge in [-0.05, 0) is 68.3 Å². The second kappa shape index (κ2) is 16.4. The van der Waals surface area contributed by atoms with Crippen molar-refractivity contribution in [3.8, 4) is 0 Å². The van der Waals surface area contributed by atoms with Crippen LogP contribution in [-0.2, 0) is 13.1 Å². The third-order valence-electron chi connectivity index (χ3n) is 8.49. The summed E-state index contributed by atoms with van der Waals surface area (Å²) in [4.78, 5) is 11.7. The van der Waals surface area contributed by atoms with E-state index in [-0.39, 0.29) is 0 Å². The average molecular weight is 580 g/mol. The number of benzene rings is 3. The fourth-order valence-electron chi connectivity index (χ4n) is 6.00. The van der Waals surface area contributed by atoms with Crippen molar-refractivity contribution in [2.75, 3.05) is 37.4 Å². The van der Waals surface area contributed by atoms with Gasteiger partial charge in [0.15, 0.2) is 0 Å². The van der Waals surface area contributed by atoms with Crippen molar-refractivity contribution in [1.29, 1.82) is 0 Å². The van der Waals surface area contributed by atoms with Crippen molar-refractivity contribution < 1.29 is 0 Å². The SMILES string of the molecule is CN(C)c1nc(N[C@H]2CC[C@@H](NCC(CCCCNCc3ccccc3)NCc3ccccc3)CC2)nc2ccccc12. The van der Waals surface area contributed by atoms with E-state index in [4.69, 9.17) is 9.97 Å². The smallest absolute Gasteiger partial charge is 0.225 e. The van der Waals surface area contributed by atoms with E-state index in [1.54, 1.807) is 0 Å². The molecule has 1 saturated carbocycles. The molecule has 0 spiro atoms. The Morgan fingerprint density at radius 1 is 0.744 bits per heavy atom. The summed E-state index contributed by atoms with van der Waals surface area (Å²) in [6, 6.07) is 31.1. The number of unbranched alkanes of at least 4 members (excludes halogenated alkanes) is 1. The molecule has 1 aliphatic carbocycles. The van der Waals surface area contributed by atoms with Gasteiger partial charge in [0, 0.05) is 57.2 Å². The minimum absolute atomic E-state index is 0.407. The molecule has 1 aromatic heterocycles. The number of para-hydroxylation sites is 1. The van der Waals surface area contributed by atoms with Gasteiger partial charge in [-0.2, -0.15) is 4.98 Å². The van der Waals surface area contributed by atoms with Gasteiger partial charge in [0.1, 0.15) is 5.82 Å². The standard InChI is InChI=1S/C36H49N7/c1-43(2)35-33-18-9-10-19-34(33)41-36(42-35)40-31-22-20-30(21-23-31)39-27-32(38-26-29-15-7-4-8-16-29)17-11-12-24-37-25-28-13-5-3-6-14-28/h3-10,13-16,18-19,30-32,37-39H,11-12,17,20-27H2,1-2H3,(H,40,41,42)/t30-,31+,32?. The summed E-state index contributed by atoms with van der Waals surface area (Å²) in [5.74, 6) is 1.70. The topological polar surface area (TPSA) is 77.1 Å². The summed E-state index contributed by atoms with van der Waals surface area (Å²) < 4.78 is 0. The first-order valence-electron chi connectivity index (χ1n) is 16.1. The lowest BCUT2D eigenvalue weighted by atomic mass is 9.91. The Labute approximate surface area is 257 Å². The number of rotatable bonds is 16. The van der Waals surface area contributed by atoms with Gasteiger partial charge in [-0.3, -0.25) is 0 Å². The van der Waals surface area contributed by atoms with Gasteiger partial charge in [-0.15, -0.1) is 0 Å². The Morgan fingerprint density at radius 2 is 1.40 bits per heavy atom. The van der Waals surface area contributed by atoms with E-state index < -0.39 is 0 Å². The van der Waals surface area contributed by atoms with Gasteiger partial charge in [0.2, 0.25) is 5.95 Å². The molecule has 0 saturated heterocycles. The largest absolute Gasteiger partial charge is 0.362 e. The quantitative estimate of drug-likeness (QED) is 0.119. The van der Waals surface area contributed by atoms with Crippen molar-refractivity contribution in [2.24, 2.45) is 0 Å². The molecule has 1 atom stereocenters. The second-order valence-electron chi connectivity index (χ2n) is 12.1. The third kappa shape index (κ3) is 9.75. The van der Waals surface area contributed by atoms with E-state index in [9.17, 15) is 0 Å². The van der Waals surface area contributed by atoms with Crippen molar-refractivity contribution >= 4 is 22.7 Å². The van der Waals surface area contributed by atoms with Crippen molar-refractivity contribution in [2.45, 2.75) is 76.2 Å². The van der Waals surface area contributed by atoms with Gasteiger partial charge < -0.3 is 26.2 Å². The molecule has 0 amide bonds. The van der Waals surface area contributed by atoms with Crippen LogP contribution in [-0.4, -0.2) is 55.3 Å². The zero-order valence-electron chi connectivity index (χ0n) is 25.9. The second-order valence-corrected chi connectivity index (χ2v) is 12.1. The molecule has 43 heavy (non-hydrogen) atoms. The van der Waals surface area contributed by atoms with Gasteiger partial charge in [0.25, 0.3) is 0 Å². The molecule has 1 fully saturated rings. The first-order chi connectivity index (χ1) is 21.1. The molecule has 0 aliphatic heterocycles. The number of hydrogen-bond acceptors (Lipinski definition) is 7. The highest BCUT2D eigenvalue weighted by Crippen LogP contribution is 2.26. The van der Waals surface area contributed by atoms with E-state index in [0.29, 0.717) is 18.1 Å². The van der Waals surface area contributed by atoms with Crippen molar-refractivity contribution in [3.05, 3.63) is 96.1 Å². The van der Waals surface area contributed by atoms with Gasteiger partial charge in [-0.1, -0.05) is 79.2 Å². The number of nitrogens with zero attached hydrogens (tertiary/aromatic N) is 3. The molecule has 1 aliphatic rings. The first kappa shape index (κ1) is 30.9. The Morgan fingerprint density at radius 3 is 2.12 bits per heavy atom. The molecular formula is C36H49N7. The molecule has 4 aromatic rings. The van der Waals surface area contributed by atoms with E-state index >= 15 is 0 Å². The number of fused-ring (bicyclic) bond motifs is 1. The lowest BCUT2D eigenvalue weighted by Crippen LogP contribution is -2.44. The molecule has 0 radical (unpaired) electrons. The molecule has 4 N–H and O–H groups in total. The zero-order valence-corrected chi connectivity index (χ0v) is 25.9. The van der Waals surface area contributed by atoms with Crippen molar-refractivity contribution in [1.82, 2.24) is 25.9 Å². The Balaban J connectivity index is 1.06. The average Bonchev–Trinajstić information content (AvgIpc) is 3.04. The highest BCUT2D eigenvalue weighted by atomic mass is 15.2. The van der Waals surface area contributed by atoms with Crippen molar-refractivity contribution in [3.63, 3.8) is 0 Å². The summed E-state index contributed by atoms with van der Waals surface area (Å²) in [5.41, 5.74) is 3.68. The molecule has 1 heterocycles. The summed E-state index contributed by atoms with van der Waals surface area (Å²) >= 11 is 0. The number of aromatic nitrogens is 2. The summed E-state index contributed by atoms with van der Waals surface area (Å²) in [6.45, 7) is 3.92. The Bertz CT molecular complexity index is 1350. The fourth-order valence-corrected chi connectivity index (χ4v) is 6.00. The normalized spacial score (nSPS) is 17.5. The molecule has 3 aromatic carbocycles. The van der Waals surface area contributed by atoms with E-state index in [1.165, 1.54) is 43.2 Å². The van der Waals surface area contributed by atoms with Crippen LogP contribution in [0, 0.1) is 0 Å². The van der Waals surface area contributed by atoms with Crippen LogP contribution in [0.25, 0.3) is 10.9 Å². The molecule has 7 heteroatoms. The van der Waals surface area contributed by atoms with E-state index in [0.717, 1.165) is 61.7 Å². The number of anilines is 2. The van der Waals surface area contributed by atoms with Gasteiger partial charge >= 0.3 is 0 Å². The molecule has 0 bridgehead atoms. The van der Waals surface area contributed by atoms with Gasteiger partial charge in [0.05, 0.1) is 5.52 Å². The summed E-state index contributed by atoms with van der Waals surface area (Å²) in [5, 5.41) is 16.1. The highest BCUT2D eigenvalue weighted by Gasteiger charge is 2.23. The monoisotopic (exact) mass is 579 g/mol. The maximum Gasteiger partial charge on any atom is 0.225 e. The van der Waals surface area contributed by atoms with E-state index in [2.05, 4.69) is 99.0 Å². The van der Waals surface area contributed by atoms with Crippen LogP contribution in [0.5, 0.6) is 0 Å². The minimum atomic E-state index is 0.407. The van der Waals surface area contributed by atoms with Crippen LogP contribution in [0.4, 0.5) is 11.8 Å². The molecule has 228 valence electrons. The van der Waals surface area contributed by atoms with Crippen LogP contribution >= 0.6 is 0 Å². The number of nitrogens with one attached hydrogen (secondary N) is 4.